The van der Waals surface area contributed by atoms with Gasteiger partial charge in [0.1, 0.15) is 5.75 Å². The number of carbonyl (C=O) groups excluding carboxylic acids is 2. The monoisotopic (exact) mass is 492 g/mol. The average Bonchev–Trinajstić information content (AvgIpc) is 3.13. The van der Waals surface area contributed by atoms with Gasteiger partial charge in [-0.1, -0.05) is 35.6 Å². The molecule has 11 heteroatoms. The van der Waals surface area contributed by atoms with E-state index in [1.165, 1.54) is 23.9 Å². The third kappa shape index (κ3) is 3.74. The fraction of sp³-hybridized carbons (Fsp3) is 0.227. The predicted molar refractivity (Wildman–Crippen MR) is 117 cm³/mol. The number of para-hydroxylation sites is 1. The van der Waals surface area contributed by atoms with E-state index in [9.17, 15) is 27.6 Å². The summed E-state index contributed by atoms with van der Waals surface area (Å²) >= 11 is 2.23. The van der Waals surface area contributed by atoms with Crippen LogP contribution in [-0.2, 0) is 15.8 Å². The number of hydrogen-bond acceptors (Lipinski definition) is 6. The number of aromatic nitrogens is 1. The summed E-state index contributed by atoms with van der Waals surface area (Å²) in [7, 11) is 0. The lowest BCUT2D eigenvalue weighted by Gasteiger charge is -2.44. The first-order valence-electron chi connectivity index (χ1n) is 9.81. The van der Waals surface area contributed by atoms with Crippen molar-refractivity contribution in [3.05, 3.63) is 74.2 Å². The number of benzene rings is 2. The summed E-state index contributed by atoms with van der Waals surface area (Å²) in [5.74, 6) is -1.30. The van der Waals surface area contributed by atoms with Gasteiger partial charge in [-0.2, -0.15) is 13.2 Å². The number of ether oxygens (including phenoxy) is 1. The number of thiazole rings is 1. The van der Waals surface area contributed by atoms with Crippen LogP contribution in [0.2, 0.25) is 0 Å². The molecule has 0 spiro atoms. The summed E-state index contributed by atoms with van der Waals surface area (Å²) in [4.78, 5) is 41.5. The van der Waals surface area contributed by atoms with Gasteiger partial charge in [0.15, 0.2) is 0 Å². The van der Waals surface area contributed by atoms with Crippen molar-refractivity contribution in [2.75, 3.05) is 11.1 Å². The predicted octanol–water partition coefficient (Wildman–Crippen LogP) is 4.63. The van der Waals surface area contributed by atoms with Crippen molar-refractivity contribution in [2.24, 2.45) is 5.41 Å². The Bertz CT molecular complexity index is 1330. The van der Waals surface area contributed by atoms with Crippen molar-refractivity contribution in [3.63, 3.8) is 0 Å². The van der Waals surface area contributed by atoms with Crippen LogP contribution in [0, 0.1) is 5.41 Å². The molecule has 1 aromatic heterocycles. The van der Waals surface area contributed by atoms with Gasteiger partial charge < -0.3 is 15.0 Å². The number of carbonyl (C=O) groups is 2. The lowest BCUT2D eigenvalue weighted by Crippen LogP contribution is -2.49. The molecule has 0 saturated carbocycles. The maximum atomic E-state index is 13.3. The van der Waals surface area contributed by atoms with E-state index in [2.05, 4.69) is 10.3 Å². The second kappa shape index (κ2) is 7.77. The summed E-state index contributed by atoms with van der Waals surface area (Å²) < 4.78 is 44.7. The second-order valence-electron chi connectivity index (χ2n) is 7.82. The molecule has 1 amide bonds. The molecule has 2 atom stereocenters. The van der Waals surface area contributed by atoms with Crippen LogP contribution in [0.25, 0.3) is 0 Å². The van der Waals surface area contributed by atoms with Crippen molar-refractivity contribution >= 4 is 40.7 Å². The van der Waals surface area contributed by atoms with Gasteiger partial charge in [-0.3, -0.25) is 14.4 Å². The van der Waals surface area contributed by atoms with E-state index >= 15 is 0 Å². The molecule has 0 aliphatic carbocycles. The minimum absolute atomic E-state index is 0.0252. The van der Waals surface area contributed by atoms with E-state index in [1.807, 2.05) is 0 Å². The van der Waals surface area contributed by atoms with E-state index in [0.29, 0.717) is 21.2 Å². The number of anilines is 1. The smallest absolute Gasteiger partial charge is 0.416 e. The molecule has 0 radical (unpaired) electrons. The molecule has 3 aromatic rings. The third-order valence-corrected chi connectivity index (χ3v) is 8.07. The number of amides is 1. The summed E-state index contributed by atoms with van der Waals surface area (Å²) in [6.45, 7) is 0. The first-order chi connectivity index (χ1) is 15.7. The Hall–Kier alpha value is -3.05. The number of thioether (sulfide) groups is 1. The summed E-state index contributed by atoms with van der Waals surface area (Å²) in [6, 6.07) is 11.2. The highest BCUT2D eigenvalue weighted by Crippen LogP contribution is 2.58. The molecule has 170 valence electrons. The molecule has 2 aromatic carbocycles. The molecule has 33 heavy (non-hydrogen) atoms. The Morgan fingerprint density at radius 3 is 2.76 bits per heavy atom. The van der Waals surface area contributed by atoms with Gasteiger partial charge in [-0.25, -0.2) is 0 Å². The van der Waals surface area contributed by atoms with Gasteiger partial charge in [0.2, 0.25) is 5.91 Å². The molecule has 3 heterocycles. The molecular formula is C22H15F3N2O4S2. The van der Waals surface area contributed by atoms with Gasteiger partial charge in [0, 0.05) is 34.2 Å². The largest absolute Gasteiger partial charge is 0.426 e. The zero-order valence-corrected chi connectivity index (χ0v) is 18.3. The normalized spacial score (nSPS) is 21.4. The Morgan fingerprint density at radius 2 is 1.97 bits per heavy atom. The quantitative estimate of drug-likeness (QED) is 0.411. The van der Waals surface area contributed by atoms with Crippen molar-refractivity contribution in [2.45, 2.75) is 23.5 Å². The molecule has 6 nitrogen and oxygen atoms in total. The van der Waals surface area contributed by atoms with E-state index in [4.69, 9.17) is 4.74 Å². The molecule has 5 rings (SSSR count). The van der Waals surface area contributed by atoms with Crippen LogP contribution in [0.5, 0.6) is 5.75 Å². The number of alkyl halides is 3. The number of nitrogens with one attached hydrogen (secondary N) is 2. The average molecular weight is 493 g/mol. The lowest BCUT2D eigenvalue weighted by atomic mass is 9.68. The minimum atomic E-state index is -4.55. The van der Waals surface area contributed by atoms with Gasteiger partial charge in [-0.05, 0) is 24.3 Å². The topological polar surface area (TPSA) is 88.3 Å². The number of aromatic amines is 1. The lowest BCUT2D eigenvalue weighted by molar-refractivity contribution is -0.149. The zero-order valence-electron chi connectivity index (χ0n) is 16.7. The Labute approximate surface area is 193 Å². The minimum Gasteiger partial charge on any atom is -0.426 e. The first kappa shape index (κ1) is 21.8. The van der Waals surface area contributed by atoms with E-state index in [0.717, 1.165) is 23.5 Å². The molecule has 0 fully saturated rings. The molecule has 0 bridgehead atoms. The number of hydrogen-bond donors (Lipinski definition) is 2. The molecule has 2 N–H and O–H groups in total. The van der Waals surface area contributed by atoms with Crippen molar-refractivity contribution in [3.8, 4) is 5.75 Å². The van der Waals surface area contributed by atoms with Crippen LogP contribution in [0.3, 0.4) is 0 Å². The van der Waals surface area contributed by atoms with Gasteiger partial charge >= 0.3 is 17.0 Å². The van der Waals surface area contributed by atoms with Gasteiger partial charge in [-0.15, -0.1) is 11.8 Å². The Balaban J connectivity index is 1.52. The standard InChI is InChI=1S/C22H15F3N2O4S2/c23-22(24,25)11-4-3-5-12(8-11)26-15(28)9-21-10-32-18-17(33-20(30)27-18)16(21)13-6-1-2-7-14(13)31-19(21)29/h1-8,16H,9-10H2,(H,26,28)(H,27,30)/t16-,21+/m0/s1. The van der Waals surface area contributed by atoms with Crippen molar-refractivity contribution in [1.29, 1.82) is 0 Å². The van der Waals surface area contributed by atoms with Crippen molar-refractivity contribution in [1.82, 2.24) is 4.98 Å². The highest BCUT2D eigenvalue weighted by molar-refractivity contribution is 7.99. The van der Waals surface area contributed by atoms with Crippen LogP contribution in [-0.4, -0.2) is 22.6 Å². The van der Waals surface area contributed by atoms with Crippen LogP contribution < -0.4 is 14.9 Å². The fourth-order valence-electron chi connectivity index (χ4n) is 4.28. The number of esters is 1. The molecular weight excluding hydrogens is 477 g/mol. The van der Waals surface area contributed by atoms with Crippen LogP contribution in [0.4, 0.5) is 18.9 Å². The Kier molecular flexibility index (Phi) is 5.13. The molecule has 0 saturated heterocycles. The molecule has 2 aliphatic rings. The van der Waals surface area contributed by atoms with Gasteiger partial charge in [0.25, 0.3) is 0 Å². The first-order valence-corrected chi connectivity index (χ1v) is 11.6. The highest BCUT2D eigenvalue weighted by atomic mass is 32.2. The highest BCUT2D eigenvalue weighted by Gasteiger charge is 2.57. The zero-order chi connectivity index (χ0) is 23.4. The van der Waals surface area contributed by atoms with Gasteiger partial charge in [0.05, 0.1) is 16.0 Å². The maximum absolute atomic E-state index is 13.3. The van der Waals surface area contributed by atoms with Crippen molar-refractivity contribution < 1.29 is 27.5 Å². The Morgan fingerprint density at radius 1 is 1.18 bits per heavy atom. The van der Waals surface area contributed by atoms with Crippen LogP contribution >= 0.6 is 23.1 Å². The fourth-order valence-corrected chi connectivity index (χ4v) is 6.82. The van der Waals surface area contributed by atoms with E-state index < -0.39 is 34.9 Å². The number of H-pyrrole nitrogens is 1. The SMILES string of the molecule is O=C(C[C@@]12CSc3[nH]c(=O)sc3[C@@H]1c1ccccc1OC2=O)Nc1cccc(C(F)(F)F)c1. The molecule has 0 unspecified atom stereocenters. The maximum Gasteiger partial charge on any atom is 0.416 e. The third-order valence-electron chi connectivity index (χ3n) is 5.72. The van der Waals surface area contributed by atoms with Crippen LogP contribution in [0.15, 0.2) is 58.4 Å². The van der Waals surface area contributed by atoms with Crippen LogP contribution in [0.1, 0.15) is 28.3 Å². The number of halogens is 3. The number of fused-ring (bicyclic) bond motifs is 5. The summed E-state index contributed by atoms with van der Waals surface area (Å²) in [5, 5.41) is 3.13. The summed E-state index contributed by atoms with van der Waals surface area (Å²) in [5.41, 5.74) is -1.55. The number of rotatable bonds is 3. The molecule has 2 aliphatic heterocycles. The van der Waals surface area contributed by atoms with E-state index in [1.54, 1.807) is 24.3 Å². The van der Waals surface area contributed by atoms with E-state index in [-0.39, 0.29) is 22.7 Å². The second-order valence-corrected chi connectivity index (χ2v) is 9.82. The summed E-state index contributed by atoms with van der Waals surface area (Å²) in [6.07, 6.45) is -4.87.